The van der Waals surface area contributed by atoms with Crippen molar-refractivity contribution in [2.45, 2.75) is 49.2 Å². The molecule has 2 aromatic heterocycles. The second-order valence-corrected chi connectivity index (χ2v) is 9.39. The third-order valence-electron chi connectivity index (χ3n) is 4.86. The normalized spacial score (nSPS) is 14.6. The molecule has 1 fully saturated rings. The Bertz CT molecular complexity index is 967. The fourth-order valence-corrected chi connectivity index (χ4v) is 4.83. The number of thiophene rings is 1. The predicted molar refractivity (Wildman–Crippen MR) is 116 cm³/mol. The van der Waals surface area contributed by atoms with Gasteiger partial charge in [0.1, 0.15) is 11.6 Å². The van der Waals surface area contributed by atoms with E-state index in [0.717, 1.165) is 41.6 Å². The van der Waals surface area contributed by atoms with Gasteiger partial charge in [-0.1, -0.05) is 36.0 Å². The summed E-state index contributed by atoms with van der Waals surface area (Å²) in [6.45, 7) is 2.35. The van der Waals surface area contributed by atoms with Gasteiger partial charge in [0.15, 0.2) is 5.16 Å². The zero-order valence-electron chi connectivity index (χ0n) is 16.5. The molecule has 0 saturated heterocycles. The maximum absolute atomic E-state index is 12.7. The molecule has 1 unspecified atom stereocenters. The molecule has 1 aliphatic carbocycles. The van der Waals surface area contributed by atoms with Crippen LogP contribution in [-0.2, 0) is 17.8 Å². The number of para-hydroxylation sites is 1. The Labute approximate surface area is 178 Å². The SMILES string of the molecule is COc1ccccc1CNC(=O)C(C)Sc1nnc(Cc2cccs2)n1C1CC1. The van der Waals surface area contributed by atoms with Crippen LogP contribution in [0, 0.1) is 0 Å². The molecule has 1 saturated carbocycles. The van der Waals surface area contributed by atoms with Crippen molar-refractivity contribution in [3.8, 4) is 5.75 Å². The van der Waals surface area contributed by atoms with Crippen LogP contribution in [-0.4, -0.2) is 33.0 Å². The van der Waals surface area contributed by atoms with Crippen LogP contribution >= 0.6 is 23.1 Å². The number of benzene rings is 1. The Balaban J connectivity index is 1.40. The van der Waals surface area contributed by atoms with E-state index >= 15 is 0 Å². The zero-order chi connectivity index (χ0) is 20.2. The van der Waals surface area contributed by atoms with Crippen LogP contribution in [0.15, 0.2) is 46.9 Å². The van der Waals surface area contributed by atoms with Gasteiger partial charge in [0.2, 0.25) is 5.91 Å². The lowest BCUT2D eigenvalue weighted by Crippen LogP contribution is -2.30. The number of hydrogen-bond acceptors (Lipinski definition) is 6. The highest BCUT2D eigenvalue weighted by Crippen LogP contribution is 2.40. The first kappa shape index (κ1) is 20.0. The summed E-state index contributed by atoms with van der Waals surface area (Å²) in [4.78, 5) is 13.9. The van der Waals surface area contributed by atoms with Crippen molar-refractivity contribution in [1.82, 2.24) is 20.1 Å². The Kier molecular flexibility index (Phi) is 6.20. The molecular formula is C21H24N4O2S2. The summed E-state index contributed by atoms with van der Waals surface area (Å²) in [6, 6.07) is 12.4. The maximum atomic E-state index is 12.7. The Morgan fingerprint density at radius 3 is 2.86 bits per heavy atom. The van der Waals surface area contributed by atoms with Gasteiger partial charge in [-0.15, -0.1) is 21.5 Å². The van der Waals surface area contributed by atoms with E-state index in [4.69, 9.17) is 4.74 Å². The number of hydrogen-bond donors (Lipinski definition) is 1. The highest BCUT2D eigenvalue weighted by Gasteiger charge is 2.31. The van der Waals surface area contributed by atoms with Crippen molar-refractivity contribution in [2.24, 2.45) is 0 Å². The maximum Gasteiger partial charge on any atom is 0.233 e. The summed E-state index contributed by atoms with van der Waals surface area (Å²) in [7, 11) is 1.64. The highest BCUT2D eigenvalue weighted by atomic mass is 32.2. The first-order chi connectivity index (χ1) is 14.2. The number of ether oxygens (including phenoxy) is 1. The van der Waals surface area contributed by atoms with Gasteiger partial charge in [-0.05, 0) is 37.3 Å². The van der Waals surface area contributed by atoms with Crippen molar-refractivity contribution >= 4 is 29.0 Å². The average molecular weight is 429 g/mol. The number of carbonyl (C=O) groups excluding carboxylic acids is 1. The van der Waals surface area contributed by atoms with Gasteiger partial charge in [0.05, 0.1) is 12.4 Å². The minimum atomic E-state index is -0.263. The molecule has 4 rings (SSSR count). The van der Waals surface area contributed by atoms with E-state index < -0.39 is 0 Å². The lowest BCUT2D eigenvalue weighted by molar-refractivity contribution is -0.120. The molecule has 1 atom stereocenters. The highest BCUT2D eigenvalue weighted by molar-refractivity contribution is 8.00. The van der Waals surface area contributed by atoms with Crippen molar-refractivity contribution in [3.05, 3.63) is 58.0 Å². The fourth-order valence-electron chi connectivity index (χ4n) is 3.16. The second kappa shape index (κ2) is 9.00. The molecule has 8 heteroatoms. The van der Waals surface area contributed by atoms with Crippen LogP contribution < -0.4 is 10.1 Å². The number of amides is 1. The number of methoxy groups -OCH3 is 1. The standard InChI is InChI=1S/C21H24N4O2S2/c1-14(20(26)22-13-15-6-3-4-8-18(15)27-2)29-21-24-23-19(25(21)16-9-10-16)12-17-7-5-11-28-17/h3-8,11,14,16H,9-10,12-13H2,1-2H3,(H,22,26). The van der Waals surface area contributed by atoms with Gasteiger partial charge in [0, 0.05) is 29.4 Å². The van der Waals surface area contributed by atoms with E-state index in [0.29, 0.717) is 12.6 Å². The summed E-state index contributed by atoms with van der Waals surface area (Å²) >= 11 is 3.21. The Hall–Kier alpha value is -2.32. The van der Waals surface area contributed by atoms with Crippen molar-refractivity contribution in [1.29, 1.82) is 0 Å². The summed E-state index contributed by atoms with van der Waals surface area (Å²) in [5.74, 6) is 1.74. The van der Waals surface area contributed by atoms with Crippen molar-refractivity contribution in [3.63, 3.8) is 0 Å². The number of nitrogens with zero attached hydrogens (tertiary/aromatic N) is 3. The molecule has 1 aromatic carbocycles. The minimum absolute atomic E-state index is 0.0222. The van der Waals surface area contributed by atoms with Crippen molar-refractivity contribution in [2.75, 3.05) is 7.11 Å². The van der Waals surface area contributed by atoms with Crippen LogP contribution in [0.5, 0.6) is 5.75 Å². The van der Waals surface area contributed by atoms with Gasteiger partial charge in [-0.25, -0.2) is 0 Å². The topological polar surface area (TPSA) is 69.0 Å². The third kappa shape index (κ3) is 4.82. The molecule has 0 radical (unpaired) electrons. The Morgan fingerprint density at radius 2 is 2.14 bits per heavy atom. The Morgan fingerprint density at radius 1 is 1.31 bits per heavy atom. The van der Waals surface area contributed by atoms with Gasteiger partial charge in [0.25, 0.3) is 0 Å². The first-order valence-electron chi connectivity index (χ1n) is 9.68. The van der Waals surface area contributed by atoms with E-state index in [1.807, 2.05) is 31.2 Å². The molecule has 3 aromatic rings. The molecule has 0 spiro atoms. The summed E-state index contributed by atoms with van der Waals surface area (Å²) in [5.41, 5.74) is 0.958. The molecule has 152 valence electrons. The first-order valence-corrected chi connectivity index (χ1v) is 11.4. The molecule has 1 amide bonds. The van der Waals surface area contributed by atoms with Crippen LogP contribution in [0.3, 0.4) is 0 Å². The summed E-state index contributed by atoms with van der Waals surface area (Å²) < 4.78 is 7.58. The van der Waals surface area contributed by atoms with Gasteiger partial charge >= 0.3 is 0 Å². The van der Waals surface area contributed by atoms with Gasteiger partial charge < -0.3 is 14.6 Å². The average Bonchev–Trinajstić information content (AvgIpc) is 3.30. The second-order valence-electron chi connectivity index (χ2n) is 7.05. The number of rotatable bonds is 9. The molecule has 0 aliphatic heterocycles. The number of nitrogens with one attached hydrogen (secondary N) is 1. The number of aromatic nitrogens is 3. The molecule has 2 heterocycles. The monoisotopic (exact) mass is 428 g/mol. The zero-order valence-corrected chi connectivity index (χ0v) is 18.1. The quantitative estimate of drug-likeness (QED) is 0.520. The molecule has 6 nitrogen and oxygen atoms in total. The van der Waals surface area contributed by atoms with Crippen LogP contribution in [0.1, 0.15) is 42.1 Å². The van der Waals surface area contributed by atoms with Crippen LogP contribution in [0.25, 0.3) is 0 Å². The van der Waals surface area contributed by atoms with Gasteiger partial charge in [-0.3, -0.25) is 4.79 Å². The summed E-state index contributed by atoms with van der Waals surface area (Å²) in [6.07, 6.45) is 3.09. The molecule has 1 N–H and O–H groups in total. The van der Waals surface area contributed by atoms with E-state index in [-0.39, 0.29) is 11.2 Å². The lowest BCUT2D eigenvalue weighted by Gasteiger charge is -2.14. The lowest BCUT2D eigenvalue weighted by atomic mass is 10.2. The summed E-state index contributed by atoms with van der Waals surface area (Å²) in [5, 5.41) is 14.5. The predicted octanol–water partition coefficient (Wildman–Crippen LogP) is 4.07. The third-order valence-corrected chi connectivity index (χ3v) is 6.79. The van der Waals surface area contributed by atoms with E-state index in [1.165, 1.54) is 16.6 Å². The molecular weight excluding hydrogens is 404 g/mol. The van der Waals surface area contributed by atoms with Crippen LogP contribution in [0.4, 0.5) is 0 Å². The van der Waals surface area contributed by atoms with E-state index in [9.17, 15) is 4.79 Å². The number of carbonyl (C=O) groups is 1. The van der Waals surface area contributed by atoms with E-state index in [2.05, 4.69) is 37.6 Å². The molecule has 0 bridgehead atoms. The van der Waals surface area contributed by atoms with Gasteiger partial charge in [-0.2, -0.15) is 0 Å². The van der Waals surface area contributed by atoms with Crippen molar-refractivity contribution < 1.29 is 9.53 Å². The number of thioether (sulfide) groups is 1. The largest absolute Gasteiger partial charge is 0.496 e. The smallest absolute Gasteiger partial charge is 0.233 e. The molecule has 29 heavy (non-hydrogen) atoms. The fraction of sp³-hybridized carbons (Fsp3) is 0.381. The van der Waals surface area contributed by atoms with Crippen LogP contribution in [0.2, 0.25) is 0 Å². The van der Waals surface area contributed by atoms with E-state index in [1.54, 1.807) is 18.4 Å². The minimum Gasteiger partial charge on any atom is -0.496 e. The molecule has 1 aliphatic rings.